The lowest BCUT2D eigenvalue weighted by atomic mass is 9.96. The summed E-state index contributed by atoms with van der Waals surface area (Å²) in [6, 6.07) is 6.73. The highest BCUT2D eigenvalue weighted by Gasteiger charge is 2.44. The molecule has 6 heteroatoms. The standard InChI is InChI=1S/C16H21FN2O2.ClH/c17-13-3-1-12(2-4-13)16(5-6-16)11-19-15(20)9-14-10-21-8-7-18-14;/h1-4,14,18H,5-11H2,(H,19,20);1H. The number of rotatable bonds is 5. The molecule has 1 atom stereocenters. The van der Waals surface area contributed by atoms with Gasteiger partial charge in [0.15, 0.2) is 0 Å². The highest BCUT2D eigenvalue weighted by Crippen LogP contribution is 2.47. The van der Waals surface area contributed by atoms with Crippen molar-refractivity contribution in [3.05, 3.63) is 35.6 Å². The van der Waals surface area contributed by atoms with Gasteiger partial charge in [-0.1, -0.05) is 12.1 Å². The zero-order valence-electron chi connectivity index (χ0n) is 12.4. The van der Waals surface area contributed by atoms with E-state index in [2.05, 4.69) is 10.6 Å². The fraction of sp³-hybridized carbons (Fsp3) is 0.562. The van der Waals surface area contributed by atoms with E-state index in [1.54, 1.807) is 0 Å². The first-order chi connectivity index (χ1) is 10.2. The van der Waals surface area contributed by atoms with Crippen LogP contribution in [0.1, 0.15) is 24.8 Å². The fourth-order valence-electron chi connectivity index (χ4n) is 2.84. The fourth-order valence-corrected chi connectivity index (χ4v) is 2.84. The summed E-state index contributed by atoms with van der Waals surface area (Å²) in [6.07, 6.45) is 2.53. The summed E-state index contributed by atoms with van der Waals surface area (Å²) >= 11 is 0. The van der Waals surface area contributed by atoms with Gasteiger partial charge in [-0.05, 0) is 30.5 Å². The molecule has 1 aromatic carbocycles. The van der Waals surface area contributed by atoms with Crippen molar-refractivity contribution >= 4 is 18.3 Å². The van der Waals surface area contributed by atoms with Gasteiger partial charge in [0.1, 0.15) is 5.82 Å². The number of benzene rings is 1. The van der Waals surface area contributed by atoms with Crippen LogP contribution >= 0.6 is 12.4 Å². The highest BCUT2D eigenvalue weighted by atomic mass is 35.5. The van der Waals surface area contributed by atoms with E-state index in [4.69, 9.17) is 4.74 Å². The Labute approximate surface area is 136 Å². The van der Waals surface area contributed by atoms with E-state index in [1.807, 2.05) is 12.1 Å². The second kappa shape index (κ2) is 7.40. The average molecular weight is 329 g/mol. The molecule has 2 fully saturated rings. The summed E-state index contributed by atoms with van der Waals surface area (Å²) in [4.78, 5) is 12.0. The summed E-state index contributed by atoms with van der Waals surface area (Å²) in [6.45, 7) is 2.74. The molecule has 1 saturated heterocycles. The molecule has 1 saturated carbocycles. The monoisotopic (exact) mass is 328 g/mol. The summed E-state index contributed by atoms with van der Waals surface area (Å²) in [5.41, 5.74) is 1.13. The van der Waals surface area contributed by atoms with Crippen molar-refractivity contribution in [1.82, 2.24) is 10.6 Å². The predicted octanol–water partition coefficient (Wildman–Crippen LogP) is 1.77. The van der Waals surface area contributed by atoms with E-state index in [9.17, 15) is 9.18 Å². The molecule has 0 bridgehead atoms. The van der Waals surface area contributed by atoms with Gasteiger partial charge in [-0.15, -0.1) is 12.4 Å². The lowest BCUT2D eigenvalue weighted by Crippen LogP contribution is -2.45. The number of halogens is 2. The van der Waals surface area contributed by atoms with Crippen molar-refractivity contribution in [3.63, 3.8) is 0 Å². The van der Waals surface area contributed by atoms with Gasteiger partial charge in [-0.25, -0.2) is 4.39 Å². The first-order valence-electron chi connectivity index (χ1n) is 7.52. The van der Waals surface area contributed by atoms with Gasteiger partial charge >= 0.3 is 0 Å². The third-order valence-electron chi connectivity index (χ3n) is 4.36. The maximum Gasteiger partial charge on any atom is 0.221 e. The number of amides is 1. The molecule has 1 amide bonds. The normalized spacial score (nSPS) is 22.5. The third kappa shape index (κ3) is 4.18. The number of hydrogen-bond acceptors (Lipinski definition) is 3. The average Bonchev–Trinajstić information content (AvgIpc) is 3.28. The zero-order valence-corrected chi connectivity index (χ0v) is 13.3. The molecule has 1 aromatic rings. The number of carbonyl (C=O) groups excluding carboxylic acids is 1. The van der Waals surface area contributed by atoms with Crippen LogP contribution < -0.4 is 10.6 Å². The first-order valence-corrected chi connectivity index (χ1v) is 7.52. The van der Waals surface area contributed by atoms with Crippen molar-refractivity contribution in [1.29, 1.82) is 0 Å². The molecule has 1 unspecified atom stereocenters. The lowest BCUT2D eigenvalue weighted by molar-refractivity contribution is -0.122. The van der Waals surface area contributed by atoms with Gasteiger partial charge in [-0.3, -0.25) is 4.79 Å². The van der Waals surface area contributed by atoms with Crippen LogP contribution in [0.4, 0.5) is 4.39 Å². The van der Waals surface area contributed by atoms with Crippen molar-refractivity contribution < 1.29 is 13.9 Å². The van der Waals surface area contributed by atoms with E-state index >= 15 is 0 Å². The molecule has 22 heavy (non-hydrogen) atoms. The second-order valence-corrected chi connectivity index (χ2v) is 5.99. The minimum Gasteiger partial charge on any atom is -0.378 e. The van der Waals surface area contributed by atoms with Crippen molar-refractivity contribution in [2.45, 2.75) is 30.7 Å². The smallest absolute Gasteiger partial charge is 0.221 e. The van der Waals surface area contributed by atoms with E-state index < -0.39 is 0 Å². The predicted molar refractivity (Wildman–Crippen MR) is 84.8 cm³/mol. The molecule has 0 aromatic heterocycles. The molecule has 2 aliphatic rings. The molecule has 0 spiro atoms. The van der Waals surface area contributed by atoms with Gasteiger partial charge in [-0.2, -0.15) is 0 Å². The zero-order chi connectivity index (χ0) is 14.7. The maximum absolute atomic E-state index is 13.0. The molecular formula is C16H22ClFN2O2. The summed E-state index contributed by atoms with van der Waals surface area (Å²) in [5.74, 6) is -0.173. The SMILES string of the molecule is Cl.O=C(CC1COCCN1)NCC1(c2ccc(F)cc2)CC1. The van der Waals surface area contributed by atoms with E-state index in [1.165, 1.54) is 12.1 Å². The van der Waals surface area contributed by atoms with Crippen LogP contribution in [0.2, 0.25) is 0 Å². The Balaban J connectivity index is 0.00000176. The molecular weight excluding hydrogens is 307 g/mol. The largest absolute Gasteiger partial charge is 0.378 e. The van der Waals surface area contributed by atoms with E-state index in [0.717, 1.165) is 24.9 Å². The molecule has 3 rings (SSSR count). The van der Waals surface area contributed by atoms with Crippen LogP contribution in [0.3, 0.4) is 0 Å². The van der Waals surface area contributed by atoms with Gasteiger partial charge in [0.25, 0.3) is 0 Å². The molecule has 1 aliphatic carbocycles. The van der Waals surface area contributed by atoms with Gasteiger partial charge in [0.2, 0.25) is 5.91 Å². The van der Waals surface area contributed by atoms with E-state index in [-0.39, 0.29) is 35.6 Å². The van der Waals surface area contributed by atoms with Crippen LogP contribution in [0, 0.1) is 5.82 Å². The lowest BCUT2D eigenvalue weighted by Gasteiger charge is -2.24. The number of hydrogen-bond donors (Lipinski definition) is 2. The Morgan fingerprint density at radius 3 is 2.68 bits per heavy atom. The van der Waals surface area contributed by atoms with Crippen molar-refractivity contribution in [3.8, 4) is 0 Å². The number of nitrogens with one attached hydrogen (secondary N) is 2. The van der Waals surface area contributed by atoms with Gasteiger partial charge < -0.3 is 15.4 Å². The maximum atomic E-state index is 13.0. The van der Waals surface area contributed by atoms with Gasteiger partial charge in [0, 0.05) is 31.0 Å². The minimum absolute atomic E-state index is 0. The van der Waals surface area contributed by atoms with Crippen LogP contribution in [0.25, 0.3) is 0 Å². The van der Waals surface area contributed by atoms with Crippen LogP contribution in [-0.2, 0) is 14.9 Å². The summed E-state index contributed by atoms with van der Waals surface area (Å²) < 4.78 is 18.3. The molecule has 4 nitrogen and oxygen atoms in total. The Morgan fingerprint density at radius 1 is 1.36 bits per heavy atom. The molecule has 1 heterocycles. The van der Waals surface area contributed by atoms with Crippen LogP contribution in [0.5, 0.6) is 0 Å². The Hall–Kier alpha value is -1.17. The quantitative estimate of drug-likeness (QED) is 0.866. The molecule has 0 radical (unpaired) electrons. The van der Waals surface area contributed by atoms with Gasteiger partial charge in [0.05, 0.1) is 13.2 Å². The van der Waals surface area contributed by atoms with Crippen LogP contribution in [0.15, 0.2) is 24.3 Å². The Kier molecular flexibility index (Phi) is 5.78. The molecule has 2 N–H and O–H groups in total. The molecule has 122 valence electrons. The first kappa shape index (κ1) is 17.2. The number of morpholine rings is 1. The molecule has 1 aliphatic heterocycles. The number of carbonyl (C=O) groups is 1. The topological polar surface area (TPSA) is 50.4 Å². The Bertz CT molecular complexity index is 499. The summed E-state index contributed by atoms with van der Waals surface area (Å²) in [5, 5.41) is 6.29. The second-order valence-electron chi connectivity index (χ2n) is 5.99. The van der Waals surface area contributed by atoms with Crippen LogP contribution in [-0.4, -0.2) is 38.3 Å². The van der Waals surface area contributed by atoms with E-state index in [0.29, 0.717) is 26.2 Å². The summed E-state index contributed by atoms with van der Waals surface area (Å²) in [7, 11) is 0. The third-order valence-corrected chi connectivity index (χ3v) is 4.36. The van der Waals surface area contributed by atoms with Crippen molar-refractivity contribution in [2.75, 3.05) is 26.3 Å². The minimum atomic E-state index is -0.220. The Morgan fingerprint density at radius 2 is 2.09 bits per heavy atom. The van der Waals surface area contributed by atoms with Crippen molar-refractivity contribution in [2.24, 2.45) is 0 Å². The number of ether oxygens (including phenoxy) is 1. The highest BCUT2D eigenvalue weighted by molar-refractivity contribution is 5.85.